The van der Waals surface area contributed by atoms with Gasteiger partial charge in [-0.2, -0.15) is 0 Å². The van der Waals surface area contributed by atoms with Gasteiger partial charge in [-0.25, -0.2) is 9.97 Å². The van der Waals surface area contributed by atoms with Gasteiger partial charge in [0, 0.05) is 41.1 Å². The summed E-state index contributed by atoms with van der Waals surface area (Å²) in [4.78, 5) is 14.1. The lowest BCUT2D eigenvalue weighted by molar-refractivity contribution is 0.587. The second-order valence-electron chi connectivity index (χ2n) is 16.9. The molecule has 0 amide bonds. The van der Waals surface area contributed by atoms with Crippen molar-refractivity contribution in [3.63, 3.8) is 0 Å². The molecule has 2 heterocycles. The van der Waals surface area contributed by atoms with Crippen molar-refractivity contribution in [3.8, 4) is 0 Å². The maximum Gasteiger partial charge on any atom is 0.137 e. The lowest BCUT2D eigenvalue weighted by Gasteiger charge is -2.48. The van der Waals surface area contributed by atoms with E-state index in [1.165, 1.54) is 33.4 Å². The minimum Gasteiger partial charge on any atom is -0.295 e. The Morgan fingerprint density at radius 1 is 0.324 bits per heavy atom. The summed E-state index contributed by atoms with van der Waals surface area (Å²) >= 11 is 0. The van der Waals surface area contributed by atoms with Gasteiger partial charge in [-0.15, -0.1) is 0 Å². The van der Waals surface area contributed by atoms with Gasteiger partial charge in [0.05, 0.1) is 5.41 Å². The molecule has 1 aliphatic carbocycles. The van der Waals surface area contributed by atoms with Gasteiger partial charge in [0.1, 0.15) is 11.6 Å². The summed E-state index contributed by atoms with van der Waals surface area (Å²) in [7, 11) is 0. The molecule has 2 atom stereocenters. The topological polar surface area (TPSA) is 32.3 Å². The fourth-order valence-electron chi connectivity index (χ4n) is 10.1. The SMILES string of the molecule is C1=C(c2ccc(N(c3ccccc3)c3ccccn3)cc2)C(c2ccccc2)=C(c2ccccc2)C(c2ccccc2)(c2ccc(N(c3ccccc3)c3ccccn3)cc2)C1c1ccccc1. The molecule has 8 aromatic carbocycles. The van der Waals surface area contributed by atoms with Crippen LogP contribution in [0.4, 0.5) is 34.4 Å². The van der Waals surface area contributed by atoms with E-state index in [9.17, 15) is 0 Å². The standard InChI is InChI=1S/C64H48N4/c1-7-23-49(24-8-1)59-47-58(48-37-41-56(42-38-48)67(54-31-15-5-16-32-54)60-35-19-21-45-65-60)62(50-25-9-2-10-26-50)63(51-27-11-3-12-28-51)64(59,52-29-13-4-14-30-52)53-39-43-57(44-40-53)68(55-33-17-6-18-34-55)61-36-20-22-46-66-61/h1-47,59H. The third kappa shape index (κ3) is 7.88. The minimum absolute atomic E-state index is 0.148. The van der Waals surface area contributed by atoms with Crippen LogP contribution in [-0.4, -0.2) is 9.97 Å². The number of anilines is 6. The molecule has 11 rings (SSSR count). The van der Waals surface area contributed by atoms with Crippen molar-refractivity contribution in [2.75, 3.05) is 9.80 Å². The predicted molar refractivity (Wildman–Crippen MR) is 282 cm³/mol. The molecular weight excluding hydrogens is 825 g/mol. The first kappa shape index (κ1) is 41.8. The highest BCUT2D eigenvalue weighted by atomic mass is 15.2. The van der Waals surface area contributed by atoms with E-state index in [0.29, 0.717) is 0 Å². The predicted octanol–water partition coefficient (Wildman–Crippen LogP) is 16.2. The summed E-state index contributed by atoms with van der Waals surface area (Å²) < 4.78 is 0. The zero-order valence-electron chi connectivity index (χ0n) is 37.5. The van der Waals surface area contributed by atoms with Crippen molar-refractivity contribution < 1.29 is 0 Å². The van der Waals surface area contributed by atoms with Gasteiger partial charge in [0.15, 0.2) is 0 Å². The van der Waals surface area contributed by atoms with Crippen LogP contribution in [-0.2, 0) is 5.41 Å². The third-order valence-electron chi connectivity index (χ3n) is 13.0. The van der Waals surface area contributed by atoms with E-state index in [1.54, 1.807) is 0 Å². The van der Waals surface area contributed by atoms with Crippen molar-refractivity contribution in [2.24, 2.45) is 0 Å². The fraction of sp³-hybridized carbons (Fsp3) is 0.0312. The number of benzene rings is 8. The highest BCUT2D eigenvalue weighted by molar-refractivity contribution is 6.19. The second kappa shape index (κ2) is 18.9. The quantitative estimate of drug-likeness (QED) is 0.122. The number of hydrogen-bond acceptors (Lipinski definition) is 4. The molecule has 0 saturated carbocycles. The minimum atomic E-state index is -0.719. The van der Waals surface area contributed by atoms with Gasteiger partial charge < -0.3 is 0 Å². The summed E-state index contributed by atoms with van der Waals surface area (Å²) in [6.07, 6.45) is 6.26. The summed E-state index contributed by atoms with van der Waals surface area (Å²) in [6, 6.07) is 95.6. The highest BCUT2D eigenvalue weighted by Gasteiger charge is 2.50. The average Bonchev–Trinajstić information content (AvgIpc) is 3.43. The molecule has 2 aromatic heterocycles. The van der Waals surface area contributed by atoms with Gasteiger partial charge in [-0.05, 0) is 123 Å². The van der Waals surface area contributed by atoms with Gasteiger partial charge in [0.2, 0.25) is 0 Å². The first-order chi connectivity index (χ1) is 33.8. The maximum atomic E-state index is 4.84. The molecule has 0 bridgehead atoms. The zero-order chi connectivity index (χ0) is 45.5. The lowest BCUT2D eigenvalue weighted by Crippen LogP contribution is -2.39. The lowest BCUT2D eigenvalue weighted by atomic mass is 9.54. The summed E-state index contributed by atoms with van der Waals surface area (Å²) in [5.41, 5.74) is 14.1. The molecule has 0 N–H and O–H groups in total. The van der Waals surface area contributed by atoms with Crippen LogP contribution in [0.1, 0.15) is 39.3 Å². The summed E-state index contributed by atoms with van der Waals surface area (Å²) in [6.45, 7) is 0. The van der Waals surface area contributed by atoms with Gasteiger partial charge in [-0.3, -0.25) is 9.80 Å². The molecular formula is C64H48N4. The van der Waals surface area contributed by atoms with E-state index < -0.39 is 5.41 Å². The molecule has 10 aromatic rings. The first-order valence-electron chi connectivity index (χ1n) is 23.2. The molecule has 4 heteroatoms. The first-order valence-corrected chi connectivity index (χ1v) is 23.2. The molecule has 68 heavy (non-hydrogen) atoms. The van der Waals surface area contributed by atoms with E-state index in [4.69, 9.17) is 9.97 Å². The number of aromatic nitrogens is 2. The van der Waals surface area contributed by atoms with E-state index in [0.717, 1.165) is 51.1 Å². The van der Waals surface area contributed by atoms with E-state index in [-0.39, 0.29) is 5.92 Å². The number of hydrogen-bond donors (Lipinski definition) is 0. The highest BCUT2D eigenvalue weighted by Crippen LogP contribution is 2.61. The normalized spacial score (nSPS) is 15.6. The molecule has 0 spiro atoms. The van der Waals surface area contributed by atoms with Gasteiger partial charge in [-0.1, -0.05) is 200 Å². The Bertz CT molecular complexity index is 3200. The van der Waals surface area contributed by atoms with Gasteiger partial charge in [0.25, 0.3) is 0 Å². The van der Waals surface area contributed by atoms with E-state index >= 15 is 0 Å². The summed E-state index contributed by atoms with van der Waals surface area (Å²) in [5, 5.41) is 0. The van der Waals surface area contributed by atoms with Crippen molar-refractivity contribution in [2.45, 2.75) is 11.3 Å². The largest absolute Gasteiger partial charge is 0.295 e. The van der Waals surface area contributed by atoms with Crippen LogP contribution in [0.25, 0.3) is 16.7 Å². The Hall–Kier alpha value is -8.86. The molecule has 4 nitrogen and oxygen atoms in total. The summed E-state index contributed by atoms with van der Waals surface area (Å²) in [5.74, 6) is 1.56. The Labute approximate surface area is 399 Å². The third-order valence-corrected chi connectivity index (χ3v) is 13.0. The van der Waals surface area contributed by atoms with Crippen LogP contribution in [0.2, 0.25) is 0 Å². The van der Waals surface area contributed by atoms with Crippen LogP contribution in [0.3, 0.4) is 0 Å². The van der Waals surface area contributed by atoms with Crippen LogP contribution in [0.5, 0.6) is 0 Å². The Kier molecular flexibility index (Phi) is 11.6. The van der Waals surface area contributed by atoms with E-state index in [2.05, 4.69) is 259 Å². The molecule has 0 saturated heterocycles. The Morgan fingerprint density at radius 2 is 0.721 bits per heavy atom. The fourth-order valence-corrected chi connectivity index (χ4v) is 10.1. The Balaban J connectivity index is 1.18. The molecule has 1 aliphatic rings. The van der Waals surface area contributed by atoms with Crippen molar-refractivity contribution >= 4 is 51.1 Å². The molecule has 324 valence electrons. The van der Waals surface area contributed by atoms with Crippen LogP contribution < -0.4 is 9.80 Å². The van der Waals surface area contributed by atoms with Gasteiger partial charge >= 0.3 is 0 Å². The Morgan fingerprint density at radius 3 is 1.21 bits per heavy atom. The number of para-hydroxylation sites is 2. The maximum absolute atomic E-state index is 4.84. The number of allylic oxidation sites excluding steroid dienone is 4. The second-order valence-corrected chi connectivity index (χ2v) is 16.9. The van der Waals surface area contributed by atoms with Crippen LogP contribution >= 0.6 is 0 Å². The van der Waals surface area contributed by atoms with E-state index in [1.807, 2.05) is 36.7 Å². The number of nitrogens with zero attached hydrogens (tertiary/aromatic N) is 4. The molecule has 0 fully saturated rings. The van der Waals surface area contributed by atoms with Crippen molar-refractivity contribution in [1.29, 1.82) is 0 Å². The van der Waals surface area contributed by atoms with Crippen LogP contribution in [0.15, 0.2) is 285 Å². The average molecular weight is 873 g/mol. The smallest absolute Gasteiger partial charge is 0.137 e. The monoisotopic (exact) mass is 872 g/mol. The number of pyridine rings is 2. The van der Waals surface area contributed by atoms with Crippen LogP contribution in [0, 0.1) is 0 Å². The van der Waals surface area contributed by atoms with Crippen molar-refractivity contribution in [3.05, 3.63) is 319 Å². The number of rotatable bonds is 12. The molecule has 0 aliphatic heterocycles. The van der Waals surface area contributed by atoms with Crippen molar-refractivity contribution in [1.82, 2.24) is 9.97 Å². The molecule has 0 radical (unpaired) electrons. The zero-order valence-corrected chi connectivity index (χ0v) is 37.5. The molecule has 2 unspecified atom stereocenters.